The monoisotopic (exact) mass is 342 g/mol. The third-order valence-corrected chi connectivity index (χ3v) is 3.04. The van der Waals surface area contributed by atoms with E-state index in [1.165, 1.54) is 0 Å². The van der Waals surface area contributed by atoms with E-state index in [0.29, 0.717) is 13.1 Å². The Balaban J connectivity index is 2.86. The number of amides is 2. The minimum Gasteiger partial charge on any atom is -0.444 e. The zero-order valence-corrected chi connectivity index (χ0v) is 15.5. The molecule has 0 unspecified atom stereocenters. The highest BCUT2D eigenvalue weighted by atomic mass is 16.6. The number of nitrogens with two attached hydrogens (primary N) is 1. The second kappa shape index (κ2) is 7.83. The molecule has 0 aromatic heterocycles. The first-order valence-electron chi connectivity index (χ1n) is 8.18. The summed E-state index contributed by atoms with van der Waals surface area (Å²) in [6.45, 7) is 11.7. The van der Waals surface area contributed by atoms with Crippen LogP contribution in [0, 0.1) is 0 Å². The van der Waals surface area contributed by atoms with E-state index in [9.17, 15) is 9.59 Å². The molecule has 2 amide bonds. The normalized spacial score (nSPS) is 17.5. The Bertz CT molecular complexity index is 483. The number of hydrogen-bond donors (Lipinski definition) is 2. The number of ether oxygens (including phenoxy) is 2. The molecule has 24 heavy (non-hydrogen) atoms. The number of likely N-dealkylation sites (tertiary alicyclic amines) is 1. The molecule has 8 heteroatoms. The molecule has 0 aromatic carbocycles. The molecule has 138 valence electrons. The van der Waals surface area contributed by atoms with Crippen molar-refractivity contribution in [3.05, 3.63) is 0 Å². The molecular formula is C16H30N4O4. The second-order valence-corrected chi connectivity index (χ2v) is 7.87. The van der Waals surface area contributed by atoms with Crippen LogP contribution in [0.15, 0.2) is 4.99 Å². The SMILES string of the molecule is CC(C)(C)OC(=O)N=C(NC(=O)OC(C)(C)C)N1CCC(N)CC1. The Morgan fingerprint density at radius 2 is 1.54 bits per heavy atom. The predicted molar refractivity (Wildman–Crippen MR) is 91.8 cm³/mol. The number of carbonyl (C=O) groups is 2. The summed E-state index contributed by atoms with van der Waals surface area (Å²) in [6, 6.07) is 0.116. The average Bonchev–Trinajstić information content (AvgIpc) is 2.34. The molecular weight excluding hydrogens is 312 g/mol. The van der Waals surface area contributed by atoms with Crippen molar-refractivity contribution in [2.24, 2.45) is 10.7 Å². The fourth-order valence-electron chi connectivity index (χ4n) is 2.06. The van der Waals surface area contributed by atoms with Gasteiger partial charge in [-0.3, -0.25) is 5.32 Å². The molecule has 3 N–H and O–H groups in total. The molecule has 1 aliphatic heterocycles. The summed E-state index contributed by atoms with van der Waals surface area (Å²) in [5.74, 6) is 0.130. The summed E-state index contributed by atoms with van der Waals surface area (Å²) >= 11 is 0. The van der Waals surface area contributed by atoms with Gasteiger partial charge in [0.1, 0.15) is 11.2 Å². The summed E-state index contributed by atoms with van der Waals surface area (Å²) in [5.41, 5.74) is 4.58. The lowest BCUT2D eigenvalue weighted by atomic mass is 10.1. The molecule has 0 radical (unpaired) electrons. The van der Waals surface area contributed by atoms with E-state index in [1.807, 2.05) is 0 Å². The van der Waals surface area contributed by atoms with Crippen LogP contribution in [0.1, 0.15) is 54.4 Å². The number of rotatable bonds is 0. The molecule has 1 rings (SSSR count). The molecule has 1 saturated heterocycles. The maximum absolute atomic E-state index is 12.0. The van der Waals surface area contributed by atoms with Crippen LogP contribution < -0.4 is 11.1 Å². The zero-order chi connectivity index (χ0) is 18.5. The van der Waals surface area contributed by atoms with Crippen LogP contribution in [-0.4, -0.2) is 53.4 Å². The van der Waals surface area contributed by atoms with Crippen molar-refractivity contribution >= 4 is 18.1 Å². The van der Waals surface area contributed by atoms with Crippen LogP contribution in [-0.2, 0) is 9.47 Å². The number of carbonyl (C=O) groups excluding carboxylic acids is 2. The van der Waals surface area contributed by atoms with Crippen molar-refractivity contribution in [2.45, 2.75) is 71.6 Å². The third-order valence-electron chi connectivity index (χ3n) is 3.04. The Hall–Kier alpha value is -1.83. The fraction of sp³-hybridized carbons (Fsp3) is 0.812. The predicted octanol–water partition coefficient (Wildman–Crippen LogP) is 2.23. The number of nitrogens with one attached hydrogen (secondary N) is 1. The molecule has 0 aliphatic carbocycles. The summed E-state index contributed by atoms with van der Waals surface area (Å²) in [5, 5.41) is 2.55. The zero-order valence-electron chi connectivity index (χ0n) is 15.5. The lowest BCUT2D eigenvalue weighted by Gasteiger charge is -2.32. The van der Waals surface area contributed by atoms with Crippen molar-refractivity contribution < 1.29 is 19.1 Å². The Labute approximate surface area is 143 Å². The summed E-state index contributed by atoms with van der Waals surface area (Å²) in [7, 11) is 0. The highest BCUT2D eigenvalue weighted by Crippen LogP contribution is 2.12. The van der Waals surface area contributed by atoms with Gasteiger partial charge in [-0.2, -0.15) is 0 Å². The number of aliphatic imine (C=N–C) groups is 1. The number of guanidine groups is 1. The number of nitrogens with zero attached hydrogens (tertiary/aromatic N) is 2. The Kier molecular flexibility index (Phi) is 6.59. The van der Waals surface area contributed by atoms with Gasteiger partial charge in [-0.1, -0.05) is 0 Å². The van der Waals surface area contributed by atoms with Gasteiger partial charge < -0.3 is 20.1 Å². The highest BCUT2D eigenvalue weighted by Gasteiger charge is 2.25. The molecule has 0 saturated carbocycles. The first-order valence-corrected chi connectivity index (χ1v) is 8.18. The van der Waals surface area contributed by atoms with Crippen LogP contribution in [0.3, 0.4) is 0 Å². The van der Waals surface area contributed by atoms with Crippen LogP contribution in [0.4, 0.5) is 9.59 Å². The van der Waals surface area contributed by atoms with E-state index < -0.39 is 23.4 Å². The minimum atomic E-state index is -0.761. The molecule has 0 spiro atoms. The van der Waals surface area contributed by atoms with Crippen molar-refractivity contribution in [3.8, 4) is 0 Å². The van der Waals surface area contributed by atoms with E-state index >= 15 is 0 Å². The Morgan fingerprint density at radius 3 is 2.00 bits per heavy atom. The van der Waals surface area contributed by atoms with Gasteiger partial charge in [0.05, 0.1) is 0 Å². The van der Waals surface area contributed by atoms with Crippen LogP contribution in [0.25, 0.3) is 0 Å². The lowest BCUT2D eigenvalue weighted by molar-refractivity contribution is 0.0553. The molecule has 0 atom stereocenters. The summed E-state index contributed by atoms with van der Waals surface area (Å²) in [6.07, 6.45) is 0.0789. The second-order valence-electron chi connectivity index (χ2n) is 7.87. The summed E-state index contributed by atoms with van der Waals surface area (Å²) in [4.78, 5) is 29.7. The van der Waals surface area contributed by atoms with Gasteiger partial charge in [0, 0.05) is 19.1 Å². The number of alkyl carbamates (subject to hydrolysis) is 1. The first-order chi connectivity index (χ1) is 10.9. The minimum absolute atomic E-state index is 0.116. The van der Waals surface area contributed by atoms with Gasteiger partial charge in [-0.05, 0) is 54.4 Å². The quantitative estimate of drug-likeness (QED) is 0.516. The lowest BCUT2D eigenvalue weighted by Crippen LogP contribution is -2.51. The molecule has 1 heterocycles. The standard InChI is InChI=1S/C16H30N4O4/c1-15(2,3)23-13(21)18-12(19-14(22)24-16(4,5)6)20-9-7-11(17)8-10-20/h11H,7-10,17H2,1-6H3,(H,18,19,21,22). The van der Waals surface area contributed by atoms with Gasteiger partial charge in [0.25, 0.3) is 0 Å². The number of hydrogen-bond acceptors (Lipinski definition) is 5. The maximum atomic E-state index is 12.0. The average molecular weight is 342 g/mol. The third kappa shape index (κ3) is 8.14. The fourth-order valence-corrected chi connectivity index (χ4v) is 2.06. The van der Waals surface area contributed by atoms with Gasteiger partial charge in [0.15, 0.2) is 0 Å². The van der Waals surface area contributed by atoms with Crippen LogP contribution >= 0.6 is 0 Å². The van der Waals surface area contributed by atoms with Crippen molar-refractivity contribution in [1.29, 1.82) is 0 Å². The van der Waals surface area contributed by atoms with Crippen LogP contribution in [0.2, 0.25) is 0 Å². The van der Waals surface area contributed by atoms with E-state index in [4.69, 9.17) is 15.2 Å². The molecule has 0 aromatic rings. The van der Waals surface area contributed by atoms with Gasteiger partial charge in [-0.25, -0.2) is 9.59 Å². The van der Waals surface area contributed by atoms with E-state index in [-0.39, 0.29) is 12.0 Å². The van der Waals surface area contributed by atoms with E-state index in [0.717, 1.165) is 12.8 Å². The van der Waals surface area contributed by atoms with Crippen molar-refractivity contribution in [1.82, 2.24) is 10.2 Å². The largest absolute Gasteiger partial charge is 0.444 e. The molecule has 1 aliphatic rings. The maximum Gasteiger partial charge on any atom is 0.437 e. The van der Waals surface area contributed by atoms with Gasteiger partial charge in [0.2, 0.25) is 5.96 Å². The smallest absolute Gasteiger partial charge is 0.437 e. The number of piperidine rings is 1. The van der Waals surface area contributed by atoms with Crippen molar-refractivity contribution in [3.63, 3.8) is 0 Å². The van der Waals surface area contributed by atoms with E-state index in [1.54, 1.807) is 46.4 Å². The molecule has 8 nitrogen and oxygen atoms in total. The van der Waals surface area contributed by atoms with Crippen molar-refractivity contribution in [2.75, 3.05) is 13.1 Å². The van der Waals surface area contributed by atoms with E-state index in [2.05, 4.69) is 10.3 Å². The first kappa shape index (κ1) is 20.2. The Morgan fingerprint density at radius 1 is 1.04 bits per heavy atom. The van der Waals surface area contributed by atoms with Crippen LogP contribution in [0.5, 0.6) is 0 Å². The van der Waals surface area contributed by atoms with Gasteiger partial charge in [-0.15, -0.1) is 4.99 Å². The summed E-state index contributed by atoms with van der Waals surface area (Å²) < 4.78 is 10.4. The van der Waals surface area contributed by atoms with Gasteiger partial charge >= 0.3 is 12.2 Å². The topological polar surface area (TPSA) is 106 Å². The molecule has 1 fully saturated rings. The highest BCUT2D eigenvalue weighted by molar-refractivity contribution is 5.98. The molecule has 0 bridgehead atoms.